The van der Waals surface area contributed by atoms with Crippen LogP contribution in [-0.2, 0) is 9.73 Å². The van der Waals surface area contributed by atoms with E-state index in [1.165, 1.54) is 36.6 Å². The molecule has 0 bridgehead atoms. The molecular weight excluding hydrogens is 473 g/mol. The maximum atomic E-state index is 13.3. The first-order valence-corrected chi connectivity index (χ1v) is 11.0. The van der Waals surface area contributed by atoms with Gasteiger partial charge in [0, 0.05) is 22.9 Å². The van der Waals surface area contributed by atoms with Gasteiger partial charge in [-0.2, -0.15) is 8.78 Å². The fourth-order valence-corrected chi connectivity index (χ4v) is 3.32. The monoisotopic (exact) mass is 486 g/mol. The lowest BCUT2D eigenvalue weighted by Crippen LogP contribution is -2.16. The SMILES string of the molecule is CS(=N)(=O)c1cccc(NC(=O)c2cc(OC(F)F)nnc2Oc2ccc(F)cc2Cl)c1. The Bertz CT molecular complexity index is 1280. The Hall–Kier alpha value is -3.38. The van der Waals surface area contributed by atoms with Crippen LogP contribution < -0.4 is 14.8 Å². The summed E-state index contributed by atoms with van der Waals surface area (Å²) in [4.78, 5) is 13.0. The number of nitrogens with zero attached hydrogens (tertiary/aromatic N) is 2. The van der Waals surface area contributed by atoms with E-state index < -0.39 is 39.8 Å². The smallest absolute Gasteiger partial charge is 0.388 e. The summed E-state index contributed by atoms with van der Waals surface area (Å²) >= 11 is 5.92. The molecule has 1 amide bonds. The summed E-state index contributed by atoms with van der Waals surface area (Å²) in [6.07, 6.45) is 1.22. The number of alkyl halides is 2. The third-order valence-corrected chi connectivity index (χ3v) is 5.28. The van der Waals surface area contributed by atoms with Crippen molar-refractivity contribution in [1.29, 1.82) is 4.78 Å². The predicted molar refractivity (Wildman–Crippen MR) is 110 cm³/mol. The van der Waals surface area contributed by atoms with E-state index in [1.54, 1.807) is 0 Å². The molecule has 3 aromatic rings. The standard InChI is InChI=1S/C19H14ClF3N4O4S/c1-32(24,29)12-4-2-3-11(8-12)25-17(28)13-9-16(31-19(22)23)26-27-18(13)30-15-6-5-10(21)7-14(15)20/h2-9,19,24H,1H3,(H,25,28). The molecule has 168 valence electrons. The second-order valence-corrected chi connectivity index (χ2v) is 8.85. The zero-order chi connectivity index (χ0) is 23.5. The summed E-state index contributed by atoms with van der Waals surface area (Å²) in [7, 11) is -3.05. The van der Waals surface area contributed by atoms with Crippen LogP contribution in [0.1, 0.15) is 10.4 Å². The molecule has 1 heterocycles. The van der Waals surface area contributed by atoms with Gasteiger partial charge in [0.1, 0.15) is 17.1 Å². The number of halogens is 4. The maximum absolute atomic E-state index is 13.3. The molecule has 2 N–H and O–H groups in total. The van der Waals surface area contributed by atoms with Crippen LogP contribution in [0.25, 0.3) is 0 Å². The Morgan fingerprint density at radius 2 is 1.94 bits per heavy atom. The number of amides is 1. The average Bonchev–Trinajstić information content (AvgIpc) is 2.70. The van der Waals surface area contributed by atoms with E-state index in [1.807, 2.05) is 0 Å². The lowest BCUT2D eigenvalue weighted by atomic mass is 10.2. The summed E-state index contributed by atoms with van der Waals surface area (Å²) < 4.78 is 67.6. The van der Waals surface area contributed by atoms with E-state index in [0.717, 1.165) is 18.2 Å². The van der Waals surface area contributed by atoms with E-state index in [0.29, 0.717) is 0 Å². The highest BCUT2D eigenvalue weighted by molar-refractivity contribution is 7.91. The van der Waals surface area contributed by atoms with Crippen molar-refractivity contribution in [1.82, 2.24) is 10.2 Å². The molecule has 3 rings (SSSR count). The van der Waals surface area contributed by atoms with Gasteiger partial charge in [0.25, 0.3) is 11.8 Å². The van der Waals surface area contributed by atoms with E-state index in [4.69, 9.17) is 21.1 Å². The van der Waals surface area contributed by atoms with Crippen LogP contribution in [0.2, 0.25) is 5.02 Å². The van der Waals surface area contributed by atoms with Crippen molar-refractivity contribution < 1.29 is 31.6 Å². The van der Waals surface area contributed by atoms with Gasteiger partial charge < -0.3 is 14.8 Å². The zero-order valence-corrected chi connectivity index (χ0v) is 17.7. The largest absolute Gasteiger partial charge is 0.435 e. The summed E-state index contributed by atoms with van der Waals surface area (Å²) in [5.74, 6) is -2.64. The van der Waals surface area contributed by atoms with Gasteiger partial charge in [0.05, 0.1) is 14.8 Å². The van der Waals surface area contributed by atoms with Gasteiger partial charge in [-0.25, -0.2) is 13.4 Å². The Labute approximate surface area is 185 Å². The molecular formula is C19H14ClF3N4O4S. The number of hydrogen-bond acceptors (Lipinski definition) is 7. The third kappa shape index (κ3) is 5.86. The average molecular weight is 487 g/mol. The molecule has 2 aromatic carbocycles. The first-order chi connectivity index (χ1) is 15.0. The first-order valence-electron chi connectivity index (χ1n) is 8.63. The van der Waals surface area contributed by atoms with Crippen molar-refractivity contribution in [2.75, 3.05) is 11.6 Å². The number of ether oxygens (including phenoxy) is 2. The van der Waals surface area contributed by atoms with Crippen molar-refractivity contribution in [3.63, 3.8) is 0 Å². The summed E-state index contributed by atoms with van der Waals surface area (Å²) in [5.41, 5.74) is -0.183. The number of carbonyl (C=O) groups excluding carboxylic acids is 1. The van der Waals surface area contributed by atoms with Gasteiger partial charge >= 0.3 is 6.61 Å². The Morgan fingerprint density at radius 3 is 2.59 bits per heavy atom. The van der Waals surface area contributed by atoms with Crippen LogP contribution in [0.15, 0.2) is 53.4 Å². The van der Waals surface area contributed by atoms with E-state index in [9.17, 15) is 22.2 Å². The van der Waals surface area contributed by atoms with Gasteiger partial charge in [-0.1, -0.05) is 17.7 Å². The van der Waals surface area contributed by atoms with Crippen molar-refractivity contribution in [3.8, 4) is 17.5 Å². The first kappa shape index (κ1) is 23.3. The minimum Gasteiger partial charge on any atom is -0.435 e. The number of carbonyl (C=O) groups is 1. The van der Waals surface area contributed by atoms with Gasteiger partial charge in [-0.15, -0.1) is 10.2 Å². The molecule has 1 unspecified atom stereocenters. The van der Waals surface area contributed by atoms with Gasteiger partial charge in [0.15, 0.2) is 0 Å². The zero-order valence-electron chi connectivity index (χ0n) is 16.1. The fourth-order valence-electron chi connectivity index (χ4n) is 2.43. The fraction of sp³-hybridized carbons (Fsp3) is 0.105. The van der Waals surface area contributed by atoms with Crippen LogP contribution in [0, 0.1) is 10.6 Å². The highest BCUT2D eigenvalue weighted by Gasteiger charge is 2.21. The summed E-state index contributed by atoms with van der Waals surface area (Å²) in [6, 6.07) is 9.81. The van der Waals surface area contributed by atoms with Crippen LogP contribution in [0.5, 0.6) is 17.5 Å². The molecule has 0 radical (unpaired) electrons. The lowest BCUT2D eigenvalue weighted by molar-refractivity contribution is -0.0535. The Kier molecular flexibility index (Phi) is 6.84. The highest BCUT2D eigenvalue weighted by atomic mass is 35.5. The van der Waals surface area contributed by atoms with Crippen LogP contribution in [0.4, 0.5) is 18.9 Å². The molecule has 0 aliphatic rings. The van der Waals surface area contributed by atoms with Crippen molar-refractivity contribution >= 4 is 32.9 Å². The Morgan fingerprint density at radius 1 is 1.19 bits per heavy atom. The topological polar surface area (TPSA) is 114 Å². The number of rotatable bonds is 7. The molecule has 0 saturated carbocycles. The second kappa shape index (κ2) is 9.40. The van der Waals surface area contributed by atoms with Crippen LogP contribution >= 0.6 is 11.6 Å². The number of hydrogen-bond donors (Lipinski definition) is 2. The maximum Gasteiger partial charge on any atom is 0.388 e. The molecule has 0 spiro atoms. The highest BCUT2D eigenvalue weighted by Crippen LogP contribution is 2.32. The summed E-state index contributed by atoms with van der Waals surface area (Å²) in [5, 5.41) is 9.35. The quantitative estimate of drug-likeness (QED) is 0.488. The summed E-state index contributed by atoms with van der Waals surface area (Å²) in [6.45, 7) is -3.22. The van der Waals surface area contributed by atoms with E-state index in [2.05, 4.69) is 20.3 Å². The molecule has 8 nitrogen and oxygen atoms in total. The molecule has 32 heavy (non-hydrogen) atoms. The van der Waals surface area contributed by atoms with E-state index >= 15 is 0 Å². The normalized spacial score (nSPS) is 12.8. The molecule has 0 aliphatic heterocycles. The Balaban J connectivity index is 1.97. The number of aromatic nitrogens is 2. The second-order valence-electron chi connectivity index (χ2n) is 6.28. The molecule has 1 atom stereocenters. The number of nitrogens with one attached hydrogen (secondary N) is 2. The molecule has 13 heteroatoms. The minimum atomic E-state index is -3.22. The predicted octanol–water partition coefficient (Wildman–Crippen LogP) is 4.95. The number of benzene rings is 2. The molecule has 0 fully saturated rings. The van der Waals surface area contributed by atoms with Gasteiger partial charge in [-0.3, -0.25) is 4.79 Å². The van der Waals surface area contributed by atoms with Gasteiger partial charge in [0.2, 0.25) is 5.88 Å². The van der Waals surface area contributed by atoms with Crippen molar-refractivity contribution in [2.45, 2.75) is 11.5 Å². The third-order valence-electron chi connectivity index (χ3n) is 3.83. The van der Waals surface area contributed by atoms with Crippen LogP contribution in [0.3, 0.4) is 0 Å². The van der Waals surface area contributed by atoms with Crippen molar-refractivity contribution in [2.24, 2.45) is 0 Å². The molecule has 1 aromatic heterocycles. The van der Waals surface area contributed by atoms with E-state index in [-0.39, 0.29) is 26.9 Å². The van der Waals surface area contributed by atoms with Crippen molar-refractivity contribution in [3.05, 3.63) is 64.9 Å². The lowest BCUT2D eigenvalue weighted by Gasteiger charge is -2.13. The molecule has 0 saturated heterocycles. The molecule has 0 aliphatic carbocycles. The minimum absolute atomic E-state index is 0.0686. The number of anilines is 1. The van der Waals surface area contributed by atoms with Crippen LogP contribution in [-0.4, -0.2) is 33.2 Å². The van der Waals surface area contributed by atoms with Gasteiger partial charge in [-0.05, 0) is 36.4 Å².